The first kappa shape index (κ1) is 17.8. The summed E-state index contributed by atoms with van der Waals surface area (Å²) < 4.78 is 42.7. The number of para-hydroxylation sites is 1. The smallest absolute Gasteiger partial charge is 0.406 e. The van der Waals surface area contributed by atoms with Crippen LogP contribution in [-0.4, -0.2) is 21.4 Å². The van der Waals surface area contributed by atoms with Crippen LogP contribution < -0.4 is 4.74 Å². The van der Waals surface area contributed by atoms with E-state index in [9.17, 15) is 13.2 Å². The minimum Gasteiger partial charge on any atom is -0.406 e. The molecule has 0 fully saturated rings. The Morgan fingerprint density at radius 2 is 1.43 bits per heavy atom. The van der Waals surface area contributed by atoms with Gasteiger partial charge in [-0.05, 0) is 35.9 Å². The van der Waals surface area contributed by atoms with Gasteiger partial charge in [-0.3, -0.25) is 0 Å². The number of rotatable bonds is 4. The molecule has 3 aromatic carbocycles. The summed E-state index contributed by atoms with van der Waals surface area (Å²) in [5.41, 5.74) is 4.13. The van der Waals surface area contributed by atoms with Crippen molar-refractivity contribution in [3.63, 3.8) is 0 Å². The standard InChI is InChI=1S/C21H14F3N3O/c22-21(23,24)28-17-12-10-16(11-13-17)20-14-25-26-27(20)19-9-5-4-8-18(19)15-6-2-1-3-7-15/h1-14H. The molecule has 0 saturated carbocycles. The van der Waals surface area contributed by atoms with E-state index in [1.54, 1.807) is 23.0 Å². The molecule has 0 aliphatic carbocycles. The molecule has 0 amide bonds. The number of alkyl halides is 3. The number of hydrogen-bond acceptors (Lipinski definition) is 3. The van der Waals surface area contributed by atoms with E-state index in [0.29, 0.717) is 11.3 Å². The summed E-state index contributed by atoms with van der Waals surface area (Å²) >= 11 is 0. The SMILES string of the molecule is FC(F)(F)Oc1ccc(-c2cnnn2-c2ccccc2-c2ccccc2)cc1. The van der Waals surface area contributed by atoms with Gasteiger partial charge in [0.1, 0.15) is 5.75 Å². The Bertz CT molecular complexity index is 1070. The molecular weight excluding hydrogens is 367 g/mol. The molecule has 4 nitrogen and oxygen atoms in total. The van der Waals surface area contributed by atoms with Crippen LogP contribution >= 0.6 is 0 Å². The lowest BCUT2D eigenvalue weighted by atomic mass is 10.0. The third kappa shape index (κ3) is 3.73. The fraction of sp³-hybridized carbons (Fsp3) is 0.0476. The summed E-state index contributed by atoms with van der Waals surface area (Å²) in [6.45, 7) is 0. The highest BCUT2D eigenvalue weighted by Crippen LogP contribution is 2.31. The van der Waals surface area contributed by atoms with Crippen molar-refractivity contribution < 1.29 is 17.9 Å². The van der Waals surface area contributed by atoms with Crippen molar-refractivity contribution in [2.45, 2.75) is 6.36 Å². The second-order valence-electron chi connectivity index (χ2n) is 5.99. The zero-order chi connectivity index (χ0) is 19.6. The lowest BCUT2D eigenvalue weighted by molar-refractivity contribution is -0.274. The monoisotopic (exact) mass is 381 g/mol. The maximum atomic E-state index is 12.4. The van der Waals surface area contributed by atoms with Gasteiger partial charge < -0.3 is 4.74 Å². The largest absolute Gasteiger partial charge is 0.573 e. The van der Waals surface area contributed by atoms with E-state index >= 15 is 0 Å². The van der Waals surface area contributed by atoms with E-state index in [0.717, 1.165) is 16.8 Å². The molecule has 0 unspecified atom stereocenters. The first-order valence-electron chi connectivity index (χ1n) is 8.43. The summed E-state index contributed by atoms with van der Waals surface area (Å²) in [5.74, 6) is -0.278. The molecule has 0 spiro atoms. The summed E-state index contributed by atoms with van der Waals surface area (Å²) in [5, 5.41) is 8.18. The van der Waals surface area contributed by atoms with Crippen LogP contribution in [0.4, 0.5) is 13.2 Å². The van der Waals surface area contributed by atoms with Gasteiger partial charge >= 0.3 is 6.36 Å². The number of benzene rings is 3. The van der Waals surface area contributed by atoms with E-state index in [1.165, 1.54) is 12.1 Å². The third-order valence-corrected chi connectivity index (χ3v) is 4.15. The minimum absolute atomic E-state index is 0.278. The van der Waals surface area contributed by atoms with Gasteiger partial charge in [-0.15, -0.1) is 18.3 Å². The zero-order valence-electron chi connectivity index (χ0n) is 14.5. The van der Waals surface area contributed by atoms with Crippen LogP contribution in [0, 0.1) is 0 Å². The molecule has 0 N–H and O–H groups in total. The number of hydrogen-bond donors (Lipinski definition) is 0. The maximum absolute atomic E-state index is 12.4. The van der Waals surface area contributed by atoms with Crippen molar-refractivity contribution in [1.82, 2.24) is 15.0 Å². The highest BCUT2D eigenvalue weighted by molar-refractivity contribution is 5.74. The number of ether oxygens (including phenoxy) is 1. The maximum Gasteiger partial charge on any atom is 0.573 e. The molecule has 140 valence electrons. The predicted octanol–water partition coefficient (Wildman–Crippen LogP) is 5.50. The quantitative estimate of drug-likeness (QED) is 0.469. The molecule has 0 saturated heterocycles. The summed E-state index contributed by atoms with van der Waals surface area (Å²) in [6, 6.07) is 23.2. The summed E-state index contributed by atoms with van der Waals surface area (Å²) in [4.78, 5) is 0. The average molecular weight is 381 g/mol. The lowest BCUT2D eigenvalue weighted by Crippen LogP contribution is -2.16. The van der Waals surface area contributed by atoms with Gasteiger partial charge in [-0.1, -0.05) is 53.7 Å². The Morgan fingerprint density at radius 3 is 2.14 bits per heavy atom. The Labute approximate surface area is 158 Å². The van der Waals surface area contributed by atoms with Crippen LogP contribution in [-0.2, 0) is 0 Å². The molecule has 0 atom stereocenters. The molecule has 0 radical (unpaired) electrons. The predicted molar refractivity (Wildman–Crippen MR) is 98.9 cm³/mol. The highest BCUT2D eigenvalue weighted by atomic mass is 19.4. The van der Waals surface area contributed by atoms with Crippen molar-refractivity contribution >= 4 is 0 Å². The molecule has 1 heterocycles. The molecule has 28 heavy (non-hydrogen) atoms. The second kappa shape index (κ2) is 7.19. The first-order valence-corrected chi connectivity index (χ1v) is 8.43. The topological polar surface area (TPSA) is 39.9 Å². The highest BCUT2D eigenvalue weighted by Gasteiger charge is 2.31. The third-order valence-electron chi connectivity index (χ3n) is 4.15. The van der Waals surface area contributed by atoms with Crippen LogP contribution in [0.2, 0.25) is 0 Å². The fourth-order valence-corrected chi connectivity index (χ4v) is 2.96. The van der Waals surface area contributed by atoms with Crippen LogP contribution in [0.5, 0.6) is 5.75 Å². The Balaban J connectivity index is 1.74. The summed E-state index contributed by atoms with van der Waals surface area (Å²) in [6.07, 6.45) is -3.15. The summed E-state index contributed by atoms with van der Waals surface area (Å²) in [7, 11) is 0. The van der Waals surface area contributed by atoms with Crippen LogP contribution in [0.15, 0.2) is 85.1 Å². The lowest BCUT2D eigenvalue weighted by Gasteiger charge is -2.13. The molecule has 0 bridgehead atoms. The minimum atomic E-state index is -4.72. The van der Waals surface area contributed by atoms with Crippen LogP contribution in [0.3, 0.4) is 0 Å². The molecule has 0 aliphatic heterocycles. The van der Waals surface area contributed by atoms with E-state index in [1.807, 2.05) is 54.6 Å². The fourth-order valence-electron chi connectivity index (χ4n) is 2.96. The Kier molecular flexibility index (Phi) is 4.57. The number of nitrogens with zero attached hydrogens (tertiary/aromatic N) is 3. The molecule has 4 rings (SSSR count). The normalized spacial score (nSPS) is 11.4. The van der Waals surface area contributed by atoms with Crippen molar-refractivity contribution in [1.29, 1.82) is 0 Å². The van der Waals surface area contributed by atoms with Crippen molar-refractivity contribution in [2.75, 3.05) is 0 Å². The molecule has 1 aromatic heterocycles. The van der Waals surface area contributed by atoms with Crippen LogP contribution in [0.25, 0.3) is 28.1 Å². The number of aromatic nitrogens is 3. The average Bonchev–Trinajstić information content (AvgIpc) is 3.18. The first-order chi connectivity index (χ1) is 13.5. The van der Waals surface area contributed by atoms with E-state index in [4.69, 9.17) is 0 Å². The van der Waals surface area contributed by atoms with Gasteiger partial charge in [0.05, 0.1) is 17.6 Å². The van der Waals surface area contributed by atoms with Crippen molar-refractivity contribution in [3.05, 3.63) is 85.1 Å². The Morgan fingerprint density at radius 1 is 0.750 bits per heavy atom. The van der Waals surface area contributed by atoms with E-state index in [-0.39, 0.29) is 5.75 Å². The van der Waals surface area contributed by atoms with Gasteiger partial charge in [0, 0.05) is 11.1 Å². The zero-order valence-corrected chi connectivity index (χ0v) is 14.5. The molecule has 0 aliphatic rings. The van der Waals surface area contributed by atoms with Crippen molar-refractivity contribution in [2.24, 2.45) is 0 Å². The van der Waals surface area contributed by atoms with Crippen molar-refractivity contribution in [3.8, 4) is 33.8 Å². The second-order valence-corrected chi connectivity index (χ2v) is 5.99. The molecular formula is C21H14F3N3O. The van der Waals surface area contributed by atoms with Gasteiger partial charge in [0.25, 0.3) is 0 Å². The number of halogens is 3. The van der Waals surface area contributed by atoms with E-state index in [2.05, 4.69) is 15.0 Å². The van der Waals surface area contributed by atoms with E-state index < -0.39 is 6.36 Å². The van der Waals surface area contributed by atoms with Gasteiger partial charge in [-0.25, -0.2) is 4.68 Å². The van der Waals surface area contributed by atoms with Gasteiger partial charge in [0.2, 0.25) is 0 Å². The van der Waals surface area contributed by atoms with Gasteiger partial charge in [-0.2, -0.15) is 0 Å². The van der Waals surface area contributed by atoms with Gasteiger partial charge in [0.15, 0.2) is 0 Å². The molecule has 4 aromatic rings. The molecule has 7 heteroatoms. The Hall–Kier alpha value is -3.61. The van der Waals surface area contributed by atoms with Crippen LogP contribution in [0.1, 0.15) is 0 Å².